The summed E-state index contributed by atoms with van der Waals surface area (Å²) in [6.07, 6.45) is 0. The molecule has 1 aliphatic rings. The first-order chi connectivity index (χ1) is 10.1. The zero-order valence-electron chi connectivity index (χ0n) is 13.8. The van der Waals surface area contributed by atoms with E-state index in [9.17, 15) is 0 Å². The fourth-order valence-electron chi connectivity index (χ4n) is 3.36. The van der Waals surface area contributed by atoms with E-state index in [-0.39, 0.29) is 9.78 Å². The Labute approximate surface area is 151 Å². The van der Waals surface area contributed by atoms with Crippen molar-refractivity contribution in [3.63, 3.8) is 0 Å². The maximum atomic E-state index is 3.62. The number of halogens is 2. The molecule has 114 valence electrons. The van der Waals surface area contributed by atoms with E-state index in [2.05, 4.69) is 101 Å². The van der Waals surface area contributed by atoms with Gasteiger partial charge in [-0.15, -0.1) is 31.5 Å². The molecule has 0 saturated heterocycles. The highest BCUT2D eigenvalue weighted by molar-refractivity contribution is 9.49. The second-order valence-electron chi connectivity index (χ2n) is 7.74. The fraction of sp³-hybridized carbons (Fsp3) is 0.333. The maximum Gasteiger partial charge on any atom is 0.329 e. The second-order valence-corrected chi connectivity index (χ2v) is 15.9. The SMILES string of the molecule is CC1(C)c2cc(B(Br)Br)ccc2-c2ccc([Si](C)(C)C)cc21. The molecular formula is C18H21BBr2Si. The van der Waals surface area contributed by atoms with E-state index in [0.717, 1.165) is 0 Å². The van der Waals surface area contributed by atoms with Crippen molar-refractivity contribution in [2.24, 2.45) is 0 Å². The summed E-state index contributed by atoms with van der Waals surface area (Å²) in [5, 5.41) is 1.55. The summed E-state index contributed by atoms with van der Waals surface area (Å²) in [7, 11) is -1.29. The van der Waals surface area contributed by atoms with Crippen molar-refractivity contribution < 1.29 is 0 Å². The van der Waals surface area contributed by atoms with Crippen LogP contribution < -0.4 is 10.6 Å². The molecule has 0 amide bonds. The van der Waals surface area contributed by atoms with Gasteiger partial charge in [-0.05, 0) is 22.3 Å². The van der Waals surface area contributed by atoms with Crippen molar-refractivity contribution in [3.05, 3.63) is 47.5 Å². The summed E-state index contributed by atoms with van der Waals surface area (Å²) in [6, 6.07) is 14.0. The first-order valence-electron chi connectivity index (χ1n) is 7.70. The first kappa shape index (κ1) is 16.5. The van der Waals surface area contributed by atoms with Crippen molar-refractivity contribution >= 4 is 54.6 Å². The van der Waals surface area contributed by atoms with Crippen molar-refractivity contribution in [2.75, 3.05) is 0 Å². The lowest BCUT2D eigenvalue weighted by Crippen LogP contribution is -2.38. The lowest BCUT2D eigenvalue weighted by molar-refractivity contribution is 0.661. The van der Waals surface area contributed by atoms with Gasteiger partial charge in [0.2, 0.25) is 0 Å². The number of hydrogen-bond acceptors (Lipinski definition) is 0. The molecule has 0 aliphatic heterocycles. The average Bonchev–Trinajstić information content (AvgIpc) is 2.66. The van der Waals surface area contributed by atoms with Crippen LogP contribution in [0.15, 0.2) is 36.4 Å². The van der Waals surface area contributed by atoms with E-state index in [1.165, 1.54) is 27.7 Å². The molecule has 3 rings (SSSR count). The van der Waals surface area contributed by atoms with Crippen molar-refractivity contribution in [3.8, 4) is 11.1 Å². The van der Waals surface area contributed by atoms with Crippen LogP contribution >= 0.6 is 31.5 Å². The summed E-state index contributed by atoms with van der Waals surface area (Å²) in [4.78, 5) is 0. The van der Waals surface area contributed by atoms with Gasteiger partial charge in [-0.1, -0.05) is 80.5 Å². The van der Waals surface area contributed by atoms with E-state index in [1.807, 2.05) is 0 Å². The predicted molar refractivity (Wildman–Crippen MR) is 110 cm³/mol. The quantitative estimate of drug-likeness (QED) is 0.581. The smallest absolute Gasteiger partial charge is 0.132 e. The van der Waals surface area contributed by atoms with Crippen LogP contribution in [0.4, 0.5) is 0 Å². The van der Waals surface area contributed by atoms with Gasteiger partial charge in [0.25, 0.3) is 0 Å². The number of fused-ring (bicyclic) bond motifs is 3. The minimum absolute atomic E-state index is 0.0746. The van der Waals surface area contributed by atoms with Gasteiger partial charge < -0.3 is 0 Å². The second kappa shape index (κ2) is 5.35. The molecule has 1 aliphatic carbocycles. The highest BCUT2D eigenvalue weighted by Crippen LogP contribution is 2.47. The van der Waals surface area contributed by atoms with Gasteiger partial charge >= 0.3 is 4.36 Å². The summed E-state index contributed by atoms with van der Waals surface area (Å²) in [5.41, 5.74) is 7.09. The van der Waals surface area contributed by atoms with Crippen LogP contribution in [-0.2, 0) is 5.41 Å². The Morgan fingerprint density at radius 2 is 1.41 bits per heavy atom. The number of benzene rings is 2. The Hall–Kier alpha value is -0.318. The van der Waals surface area contributed by atoms with Crippen molar-refractivity contribution in [2.45, 2.75) is 38.9 Å². The lowest BCUT2D eigenvalue weighted by atomic mass is 9.80. The molecule has 0 heterocycles. The lowest BCUT2D eigenvalue weighted by Gasteiger charge is -2.24. The van der Waals surface area contributed by atoms with E-state index in [0.29, 0.717) is 0 Å². The molecule has 0 aromatic heterocycles. The molecule has 22 heavy (non-hydrogen) atoms. The van der Waals surface area contributed by atoms with E-state index < -0.39 is 8.07 Å². The Kier molecular flexibility index (Phi) is 4.02. The summed E-state index contributed by atoms with van der Waals surface area (Å²) in [5.74, 6) is 0. The van der Waals surface area contributed by atoms with Gasteiger partial charge in [0.15, 0.2) is 0 Å². The molecule has 2 aromatic rings. The molecule has 0 unspecified atom stereocenters. The first-order valence-corrected chi connectivity index (χ1v) is 13.0. The fourth-order valence-corrected chi connectivity index (χ4v) is 5.09. The molecule has 4 heteroatoms. The third-order valence-corrected chi connectivity index (χ3v) is 7.92. The standard InChI is InChI=1S/C18H21BBr2Si/c1-18(2)16-10-12(19(20)21)6-8-14(16)15-9-7-13(11-17(15)18)22(3,4)5/h6-11H,1-5H3. The monoisotopic (exact) mass is 434 g/mol. The summed E-state index contributed by atoms with van der Waals surface area (Å²) in [6.45, 7) is 12.0. The van der Waals surface area contributed by atoms with Gasteiger partial charge in [-0.3, -0.25) is 0 Å². The zero-order chi connectivity index (χ0) is 16.3. The van der Waals surface area contributed by atoms with Crippen molar-refractivity contribution in [1.29, 1.82) is 0 Å². The molecule has 0 bridgehead atoms. The van der Waals surface area contributed by atoms with Crippen LogP contribution in [-0.4, -0.2) is 12.4 Å². The minimum atomic E-state index is -1.29. The Balaban J connectivity index is 2.22. The van der Waals surface area contributed by atoms with Crippen LogP contribution in [0.2, 0.25) is 19.6 Å². The number of hydrogen-bond donors (Lipinski definition) is 0. The van der Waals surface area contributed by atoms with Crippen molar-refractivity contribution in [1.82, 2.24) is 0 Å². The predicted octanol–water partition coefficient (Wildman–Crippen LogP) is 5.02. The highest BCUT2D eigenvalue weighted by atomic mass is 79.9. The van der Waals surface area contributed by atoms with Crippen LogP contribution in [0, 0.1) is 0 Å². The maximum absolute atomic E-state index is 3.62. The molecule has 0 spiro atoms. The topological polar surface area (TPSA) is 0 Å². The molecule has 0 saturated carbocycles. The molecule has 0 fully saturated rings. The van der Waals surface area contributed by atoms with Crippen LogP contribution in [0.3, 0.4) is 0 Å². The third kappa shape index (κ3) is 2.57. The number of rotatable bonds is 2. The zero-order valence-corrected chi connectivity index (χ0v) is 18.0. The Bertz CT molecular complexity index is 745. The molecule has 0 atom stereocenters. The van der Waals surface area contributed by atoms with Gasteiger partial charge in [0.1, 0.15) is 0 Å². The van der Waals surface area contributed by atoms with Crippen LogP contribution in [0.1, 0.15) is 25.0 Å². The summed E-state index contributed by atoms with van der Waals surface area (Å²) < 4.78 is 0.211. The minimum Gasteiger partial charge on any atom is -0.132 e. The van der Waals surface area contributed by atoms with Crippen LogP contribution in [0.5, 0.6) is 0 Å². The van der Waals surface area contributed by atoms with E-state index >= 15 is 0 Å². The normalized spacial score (nSPS) is 15.4. The van der Waals surface area contributed by atoms with Gasteiger partial charge in [-0.25, -0.2) is 0 Å². The van der Waals surface area contributed by atoms with E-state index in [4.69, 9.17) is 0 Å². The molecule has 0 N–H and O–H groups in total. The average molecular weight is 436 g/mol. The highest BCUT2D eigenvalue weighted by Gasteiger charge is 2.36. The van der Waals surface area contributed by atoms with Gasteiger partial charge in [0.05, 0.1) is 8.07 Å². The molecule has 0 radical (unpaired) electrons. The van der Waals surface area contributed by atoms with Gasteiger partial charge in [-0.2, -0.15) is 0 Å². The van der Waals surface area contributed by atoms with E-state index in [1.54, 1.807) is 5.19 Å². The third-order valence-electron chi connectivity index (χ3n) is 4.82. The van der Waals surface area contributed by atoms with Gasteiger partial charge in [0, 0.05) is 5.41 Å². The molecule has 0 nitrogen and oxygen atoms in total. The largest absolute Gasteiger partial charge is 0.329 e. The molecular weight excluding hydrogens is 415 g/mol. The van der Waals surface area contributed by atoms with Crippen LogP contribution in [0.25, 0.3) is 11.1 Å². The Morgan fingerprint density at radius 3 is 1.95 bits per heavy atom. The summed E-state index contributed by atoms with van der Waals surface area (Å²) >= 11 is 7.25. The Morgan fingerprint density at radius 1 is 0.864 bits per heavy atom. The molecule has 2 aromatic carbocycles.